The summed E-state index contributed by atoms with van der Waals surface area (Å²) in [4.78, 5) is 11.9. The van der Waals surface area contributed by atoms with Gasteiger partial charge in [-0.1, -0.05) is 12.1 Å². The summed E-state index contributed by atoms with van der Waals surface area (Å²) in [7, 11) is 1.50. The Balaban J connectivity index is 1.90. The summed E-state index contributed by atoms with van der Waals surface area (Å²) in [6.07, 6.45) is 1.48. The van der Waals surface area contributed by atoms with Gasteiger partial charge in [0.1, 0.15) is 11.8 Å². The van der Waals surface area contributed by atoms with Crippen LogP contribution in [-0.2, 0) is 4.79 Å². The average Bonchev–Trinajstić information content (AvgIpc) is 2.67. The molecule has 2 rings (SSSR count). The van der Waals surface area contributed by atoms with E-state index in [-0.39, 0.29) is 19.1 Å². The summed E-state index contributed by atoms with van der Waals surface area (Å²) in [5.74, 6) is 1.24. The molecule has 0 fully saturated rings. The SMILES string of the molecule is COc1cc(/C=N\NC(=O)COc2cc(C)ccc2C)ccc1OCC#N. The molecule has 0 saturated carbocycles. The van der Waals surface area contributed by atoms with Crippen LogP contribution in [0, 0.1) is 25.2 Å². The van der Waals surface area contributed by atoms with Crippen LogP contribution in [-0.4, -0.2) is 32.4 Å². The monoisotopic (exact) mass is 367 g/mol. The molecule has 7 heteroatoms. The van der Waals surface area contributed by atoms with E-state index in [1.165, 1.54) is 13.3 Å². The summed E-state index contributed by atoms with van der Waals surface area (Å²) < 4.78 is 16.0. The summed E-state index contributed by atoms with van der Waals surface area (Å²) in [5, 5.41) is 12.5. The first-order valence-electron chi connectivity index (χ1n) is 8.23. The molecule has 27 heavy (non-hydrogen) atoms. The minimum Gasteiger partial charge on any atom is -0.493 e. The summed E-state index contributed by atoms with van der Waals surface area (Å²) >= 11 is 0. The van der Waals surface area contributed by atoms with Crippen LogP contribution < -0.4 is 19.6 Å². The number of amides is 1. The fourth-order valence-electron chi connectivity index (χ4n) is 2.21. The lowest BCUT2D eigenvalue weighted by molar-refractivity contribution is -0.123. The highest BCUT2D eigenvalue weighted by Gasteiger charge is 2.06. The first kappa shape index (κ1) is 19.8. The fourth-order valence-corrected chi connectivity index (χ4v) is 2.21. The van der Waals surface area contributed by atoms with E-state index in [0.717, 1.165) is 11.1 Å². The van der Waals surface area contributed by atoms with Crippen LogP contribution in [0.4, 0.5) is 0 Å². The molecule has 140 valence electrons. The molecule has 0 unspecified atom stereocenters. The van der Waals surface area contributed by atoms with Crippen molar-refractivity contribution in [3.8, 4) is 23.3 Å². The molecule has 0 atom stereocenters. The van der Waals surface area contributed by atoms with E-state index < -0.39 is 0 Å². The normalized spacial score (nSPS) is 10.3. The van der Waals surface area contributed by atoms with Gasteiger partial charge in [0.05, 0.1) is 13.3 Å². The smallest absolute Gasteiger partial charge is 0.277 e. The molecule has 0 aliphatic carbocycles. The van der Waals surface area contributed by atoms with Crippen molar-refractivity contribution in [3.05, 3.63) is 53.1 Å². The molecule has 1 N–H and O–H groups in total. The number of carbonyl (C=O) groups excluding carboxylic acids is 1. The highest BCUT2D eigenvalue weighted by Crippen LogP contribution is 2.27. The molecule has 0 aliphatic heterocycles. The van der Waals surface area contributed by atoms with Crippen molar-refractivity contribution in [1.29, 1.82) is 5.26 Å². The highest BCUT2D eigenvalue weighted by molar-refractivity contribution is 5.83. The third kappa shape index (κ3) is 6.04. The molecule has 0 heterocycles. The number of nitrogens with zero attached hydrogens (tertiary/aromatic N) is 2. The number of benzene rings is 2. The fraction of sp³-hybridized carbons (Fsp3) is 0.250. The maximum atomic E-state index is 11.9. The van der Waals surface area contributed by atoms with Crippen LogP contribution in [0.25, 0.3) is 0 Å². The minimum atomic E-state index is -0.368. The second-order valence-electron chi connectivity index (χ2n) is 5.71. The molecule has 0 radical (unpaired) electrons. The first-order valence-corrected chi connectivity index (χ1v) is 8.23. The Labute approximate surface area is 158 Å². The van der Waals surface area contributed by atoms with Gasteiger partial charge in [-0.15, -0.1) is 0 Å². The third-order valence-electron chi connectivity index (χ3n) is 3.59. The number of hydrogen-bond donors (Lipinski definition) is 1. The van der Waals surface area contributed by atoms with E-state index in [0.29, 0.717) is 22.8 Å². The van der Waals surface area contributed by atoms with Crippen LogP contribution in [0.1, 0.15) is 16.7 Å². The van der Waals surface area contributed by atoms with Gasteiger partial charge in [-0.3, -0.25) is 4.79 Å². The van der Waals surface area contributed by atoms with Crippen molar-refractivity contribution in [2.45, 2.75) is 13.8 Å². The van der Waals surface area contributed by atoms with Gasteiger partial charge in [0.15, 0.2) is 24.7 Å². The van der Waals surface area contributed by atoms with Gasteiger partial charge in [0.25, 0.3) is 5.91 Å². The molecule has 7 nitrogen and oxygen atoms in total. The van der Waals surface area contributed by atoms with Crippen LogP contribution in [0.15, 0.2) is 41.5 Å². The third-order valence-corrected chi connectivity index (χ3v) is 3.59. The summed E-state index contributed by atoms with van der Waals surface area (Å²) in [6.45, 7) is 3.68. The Bertz CT molecular complexity index is 872. The maximum Gasteiger partial charge on any atom is 0.277 e. The second kappa shape index (κ2) is 9.82. The van der Waals surface area contributed by atoms with E-state index in [2.05, 4.69) is 10.5 Å². The second-order valence-corrected chi connectivity index (χ2v) is 5.71. The summed E-state index contributed by atoms with van der Waals surface area (Å²) in [6, 6.07) is 12.8. The minimum absolute atomic E-state index is 0.0692. The lowest BCUT2D eigenvalue weighted by Crippen LogP contribution is -2.24. The number of carbonyl (C=O) groups is 1. The van der Waals surface area contributed by atoms with Gasteiger partial charge >= 0.3 is 0 Å². The number of rotatable bonds is 8. The Morgan fingerprint density at radius 3 is 2.70 bits per heavy atom. The van der Waals surface area contributed by atoms with Crippen LogP contribution >= 0.6 is 0 Å². The molecule has 2 aromatic rings. The zero-order chi connectivity index (χ0) is 19.6. The number of hydrazone groups is 1. The molecule has 0 saturated heterocycles. The summed E-state index contributed by atoms with van der Waals surface area (Å²) in [5.41, 5.74) is 5.13. The molecule has 0 bridgehead atoms. The predicted octanol–water partition coefficient (Wildman–Crippen LogP) is 2.74. The molecular weight excluding hydrogens is 346 g/mol. The van der Waals surface area contributed by atoms with E-state index >= 15 is 0 Å². The van der Waals surface area contributed by atoms with Gasteiger partial charge in [-0.05, 0) is 54.8 Å². The van der Waals surface area contributed by atoms with Crippen molar-refractivity contribution in [1.82, 2.24) is 5.43 Å². The van der Waals surface area contributed by atoms with Crippen LogP contribution in [0.3, 0.4) is 0 Å². The topological polar surface area (TPSA) is 92.9 Å². The average molecular weight is 367 g/mol. The number of nitriles is 1. The van der Waals surface area contributed by atoms with Gasteiger partial charge in [-0.2, -0.15) is 10.4 Å². The zero-order valence-corrected chi connectivity index (χ0v) is 15.5. The Morgan fingerprint density at radius 2 is 1.96 bits per heavy atom. The highest BCUT2D eigenvalue weighted by atomic mass is 16.5. The Morgan fingerprint density at radius 1 is 1.15 bits per heavy atom. The quantitative estimate of drug-likeness (QED) is 0.572. The number of methoxy groups -OCH3 is 1. The van der Waals surface area contributed by atoms with Gasteiger partial charge in [0, 0.05) is 0 Å². The van der Waals surface area contributed by atoms with Gasteiger partial charge < -0.3 is 14.2 Å². The lowest BCUT2D eigenvalue weighted by Gasteiger charge is -2.09. The predicted molar refractivity (Wildman–Crippen MR) is 101 cm³/mol. The molecular formula is C20H21N3O4. The first-order chi connectivity index (χ1) is 13.0. The number of ether oxygens (including phenoxy) is 3. The number of aryl methyl sites for hydroxylation is 2. The van der Waals surface area contributed by atoms with Gasteiger partial charge in [-0.25, -0.2) is 5.43 Å². The van der Waals surface area contributed by atoms with Crippen molar-refractivity contribution in [2.24, 2.45) is 5.10 Å². The molecule has 0 aromatic heterocycles. The largest absolute Gasteiger partial charge is 0.493 e. The molecule has 1 amide bonds. The number of hydrogen-bond acceptors (Lipinski definition) is 6. The lowest BCUT2D eigenvalue weighted by atomic mass is 10.1. The molecule has 2 aromatic carbocycles. The van der Waals surface area contributed by atoms with Gasteiger partial charge in [0.2, 0.25) is 0 Å². The molecule has 0 spiro atoms. The van der Waals surface area contributed by atoms with Crippen LogP contribution in [0.5, 0.6) is 17.2 Å². The Kier molecular flexibility index (Phi) is 7.20. The Hall–Kier alpha value is -3.53. The zero-order valence-electron chi connectivity index (χ0n) is 15.5. The van der Waals surface area contributed by atoms with Crippen LogP contribution in [0.2, 0.25) is 0 Å². The van der Waals surface area contributed by atoms with Crippen molar-refractivity contribution >= 4 is 12.1 Å². The number of nitrogens with one attached hydrogen (secondary N) is 1. The maximum absolute atomic E-state index is 11.9. The van der Waals surface area contributed by atoms with Crippen molar-refractivity contribution in [3.63, 3.8) is 0 Å². The molecule has 0 aliphatic rings. The van der Waals surface area contributed by atoms with E-state index in [4.69, 9.17) is 19.5 Å². The standard InChI is InChI=1S/C20H21N3O4/c1-14-4-5-15(2)18(10-14)27-13-20(24)23-22-12-16-6-7-17(26-9-8-21)19(11-16)25-3/h4-7,10-12H,9,13H2,1-3H3,(H,23,24)/b22-12-. The van der Waals surface area contributed by atoms with Crippen molar-refractivity contribution < 1.29 is 19.0 Å². The van der Waals surface area contributed by atoms with E-state index in [1.807, 2.05) is 38.1 Å². The van der Waals surface area contributed by atoms with E-state index in [1.54, 1.807) is 18.2 Å². The van der Waals surface area contributed by atoms with E-state index in [9.17, 15) is 4.79 Å². The van der Waals surface area contributed by atoms with Crippen molar-refractivity contribution in [2.75, 3.05) is 20.3 Å².